The van der Waals surface area contributed by atoms with Gasteiger partial charge in [0.1, 0.15) is 16.5 Å². The summed E-state index contributed by atoms with van der Waals surface area (Å²) in [5, 5.41) is 0. The standard InChI is InChI=1S/C14H14F2N2O2S/c1-8-5-9(2)13(7-12(8)17)18-21(19,20)14-6-10(15)3-4-11(14)16/h3-7,18H,17H2,1-2H3. The number of rotatable bonds is 3. The molecule has 0 saturated heterocycles. The first kappa shape index (κ1) is 15.2. The van der Waals surface area contributed by atoms with E-state index in [1.807, 2.05) is 0 Å². The molecule has 0 aliphatic rings. The molecule has 0 aliphatic carbocycles. The van der Waals surface area contributed by atoms with Crippen LogP contribution < -0.4 is 10.5 Å². The zero-order valence-electron chi connectivity index (χ0n) is 11.4. The van der Waals surface area contributed by atoms with E-state index in [2.05, 4.69) is 4.72 Å². The fraction of sp³-hybridized carbons (Fsp3) is 0.143. The molecule has 0 aliphatic heterocycles. The summed E-state index contributed by atoms with van der Waals surface area (Å²) in [7, 11) is -4.24. The Balaban J connectivity index is 2.47. The van der Waals surface area contributed by atoms with E-state index in [1.165, 1.54) is 6.07 Å². The van der Waals surface area contributed by atoms with Gasteiger partial charge in [0.15, 0.2) is 0 Å². The molecule has 0 unspecified atom stereocenters. The number of anilines is 2. The predicted octanol–water partition coefficient (Wildman–Crippen LogP) is 2.96. The number of nitrogens with one attached hydrogen (secondary N) is 1. The summed E-state index contributed by atoms with van der Waals surface area (Å²) in [4.78, 5) is -0.749. The van der Waals surface area contributed by atoms with Gasteiger partial charge < -0.3 is 5.73 Å². The molecule has 0 bridgehead atoms. The number of aryl methyl sites for hydroxylation is 2. The molecular formula is C14H14F2N2O2S. The molecule has 3 N–H and O–H groups in total. The second-order valence-electron chi connectivity index (χ2n) is 4.70. The second-order valence-corrected chi connectivity index (χ2v) is 6.35. The predicted molar refractivity (Wildman–Crippen MR) is 77.5 cm³/mol. The van der Waals surface area contributed by atoms with Crippen molar-refractivity contribution in [1.29, 1.82) is 0 Å². The van der Waals surface area contributed by atoms with Crippen molar-refractivity contribution in [2.75, 3.05) is 10.5 Å². The van der Waals surface area contributed by atoms with Crippen molar-refractivity contribution < 1.29 is 17.2 Å². The highest BCUT2D eigenvalue weighted by molar-refractivity contribution is 7.92. The number of nitrogen functional groups attached to an aromatic ring is 1. The Morgan fingerprint density at radius 2 is 1.71 bits per heavy atom. The molecule has 112 valence electrons. The number of hydrogen-bond donors (Lipinski definition) is 2. The highest BCUT2D eigenvalue weighted by Gasteiger charge is 2.21. The van der Waals surface area contributed by atoms with Gasteiger partial charge in [0.05, 0.1) is 5.69 Å². The summed E-state index contributed by atoms with van der Waals surface area (Å²) < 4.78 is 53.3. The molecule has 0 amide bonds. The summed E-state index contributed by atoms with van der Waals surface area (Å²) in [6, 6.07) is 5.39. The van der Waals surface area contributed by atoms with Crippen molar-refractivity contribution in [3.8, 4) is 0 Å². The number of halogens is 2. The summed E-state index contributed by atoms with van der Waals surface area (Å²) in [5.41, 5.74) is 7.78. The Bertz CT molecular complexity index is 805. The Morgan fingerprint density at radius 3 is 2.38 bits per heavy atom. The van der Waals surface area contributed by atoms with Gasteiger partial charge in [0, 0.05) is 5.69 Å². The lowest BCUT2D eigenvalue weighted by atomic mass is 10.1. The number of nitrogens with two attached hydrogens (primary N) is 1. The average Bonchev–Trinajstić information content (AvgIpc) is 2.38. The molecule has 0 spiro atoms. The Kier molecular flexibility index (Phi) is 3.87. The first-order chi connectivity index (χ1) is 9.70. The molecule has 0 fully saturated rings. The Morgan fingerprint density at radius 1 is 1.05 bits per heavy atom. The van der Waals surface area contributed by atoms with E-state index in [0.717, 1.165) is 17.7 Å². The largest absolute Gasteiger partial charge is 0.398 e. The summed E-state index contributed by atoms with van der Waals surface area (Å²) in [6.07, 6.45) is 0. The number of benzene rings is 2. The SMILES string of the molecule is Cc1cc(C)c(NS(=O)(=O)c2cc(F)ccc2F)cc1N. The fourth-order valence-electron chi connectivity index (χ4n) is 1.86. The van der Waals surface area contributed by atoms with E-state index in [-0.39, 0.29) is 5.69 Å². The molecular weight excluding hydrogens is 298 g/mol. The molecule has 7 heteroatoms. The first-order valence-electron chi connectivity index (χ1n) is 6.05. The molecule has 4 nitrogen and oxygen atoms in total. The van der Waals surface area contributed by atoms with Crippen LogP contribution in [0.2, 0.25) is 0 Å². The van der Waals surface area contributed by atoms with Gasteiger partial charge in [-0.2, -0.15) is 0 Å². The molecule has 21 heavy (non-hydrogen) atoms. The third kappa shape index (κ3) is 3.13. The monoisotopic (exact) mass is 312 g/mol. The van der Waals surface area contributed by atoms with Crippen molar-refractivity contribution >= 4 is 21.4 Å². The van der Waals surface area contributed by atoms with E-state index in [9.17, 15) is 17.2 Å². The van der Waals surface area contributed by atoms with Gasteiger partial charge in [-0.25, -0.2) is 17.2 Å². The minimum atomic E-state index is -4.24. The lowest BCUT2D eigenvalue weighted by Gasteiger charge is -2.13. The highest BCUT2D eigenvalue weighted by atomic mass is 32.2. The van der Waals surface area contributed by atoms with Gasteiger partial charge >= 0.3 is 0 Å². The minimum absolute atomic E-state index is 0.224. The van der Waals surface area contributed by atoms with Gasteiger partial charge in [0.25, 0.3) is 10.0 Å². The number of sulfonamides is 1. The third-order valence-electron chi connectivity index (χ3n) is 3.04. The van der Waals surface area contributed by atoms with Gasteiger partial charge in [0.2, 0.25) is 0 Å². The van der Waals surface area contributed by atoms with E-state index >= 15 is 0 Å². The van der Waals surface area contributed by atoms with E-state index in [1.54, 1.807) is 19.9 Å². The molecule has 0 radical (unpaired) electrons. The maximum absolute atomic E-state index is 13.6. The van der Waals surface area contributed by atoms with Crippen LogP contribution in [0.3, 0.4) is 0 Å². The van der Waals surface area contributed by atoms with Crippen LogP contribution >= 0.6 is 0 Å². The lowest BCUT2D eigenvalue weighted by molar-refractivity contribution is 0.555. The van der Waals surface area contributed by atoms with E-state index < -0.39 is 26.6 Å². The zero-order valence-corrected chi connectivity index (χ0v) is 12.3. The zero-order chi connectivity index (χ0) is 15.8. The highest BCUT2D eigenvalue weighted by Crippen LogP contribution is 2.26. The minimum Gasteiger partial charge on any atom is -0.398 e. The quantitative estimate of drug-likeness (QED) is 0.856. The third-order valence-corrected chi connectivity index (χ3v) is 4.42. The van der Waals surface area contributed by atoms with Crippen molar-refractivity contribution in [1.82, 2.24) is 0 Å². The molecule has 0 aromatic heterocycles. The first-order valence-corrected chi connectivity index (χ1v) is 7.53. The maximum atomic E-state index is 13.6. The molecule has 2 aromatic rings. The van der Waals surface area contributed by atoms with Crippen LogP contribution in [-0.4, -0.2) is 8.42 Å². The average molecular weight is 312 g/mol. The summed E-state index contributed by atoms with van der Waals surface area (Å²) >= 11 is 0. The van der Waals surface area contributed by atoms with Gasteiger partial charge in [-0.15, -0.1) is 0 Å². The Labute approximate surface area is 121 Å². The van der Waals surface area contributed by atoms with Crippen LogP contribution in [0.5, 0.6) is 0 Å². The van der Waals surface area contributed by atoms with Crippen LogP contribution in [0.25, 0.3) is 0 Å². The molecule has 2 rings (SSSR count). The molecule has 0 saturated carbocycles. The maximum Gasteiger partial charge on any atom is 0.264 e. The van der Waals surface area contributed by atoms with Crippen LogP contribution in [0.15, 0.2) is 35.2 Å². The van der Waals surface area contributed by atoms with Crippen molar-refractivity contribution in [2.45, 2.75) is 18.7 Å². The van der Waals surface area contributed by atoms with Crippen LogP contribution in [0.4, 0.5) is 20.2 Å². The Hall–Kier alpha value is -2.15. The van der Waals surface area contributed by atoms with Gasteiger partial charge in [-0.3, -0.25) is 4.72 Å². The van der Waals surface area contributed by atoms with Gasteiger partial charge in [-0.1, -0.05) is 6.07 Å². The van der Waals surface area contributed by atoms with Gasteiger partial charge in [-0.05, 0) is 49.2 Å². The van der Waals surface area contributed by atoms with Crippen molar-refractivity contribution in [3.05, 3.63) is 53.1 Å². The normalized spacial score (nSPS) is 11.4. The van der Waals surface area contributed by atoms with Crippen LogP contribution in [0, 0.1) is 25.5 Å². The van der Waals surface area contributed by atoms with Crippen molar-refractivity contribution in [3.63, 3.8) is 0 Å². The molecule has 0 atom stereocenters. The smallest absolute Gasteiger partial charge is 0.264 e. The topological polar surface area (TPSA) is 72.2 Å². The fourth-order valence-corrected chi connectivity index (χ4v) is 3.07. The summed E-state index contributed by atoms with van der Waals surface area (Å²) in [6.45, 7) is 3.47. The van der Waals surface area contributed by atoms with Crippen LogP contribution in [-0.2, 0) is 10.0 Å². The van der Waals surface area contributed by atoms with E-state index in [4.69, 9.17) is 5.73 Å². The molecule has 0 heterocycles. The lowest BCUT2D eigenvalue weighted by Crippen LogP contribution is -2.16. The molecule has 2 aromatic carbocycles. The van der Waals surface area contributed by atoms with Crippen LogP contribution in [0.1, 0.15) is 11.1 Å². The number of hydrogen-bond acceptors (Lipinski definition) is 3. The second kappa shape index (κ2) is 5.33. The van der Waals surface area contributed by atoms with Crippen molar-refractivity contribution in [2.24, 2.45) is 0 Å². The summed E-state index contributed by atoms with van der Waals surface area (Å²) in [5.74, 6) is -1.86. The van der Waals surface area contributed by atoms with E-state index in [0.29, 0.717) is 17.3 Å².